The van der Waals surface area contributed by atoms with E-state index in [-0.39, 0.29) is 0 Å². The number of aldehydes is 1. The largest absolute Gasteiger partial charge is 0.453 e. The van der Waals surface area contributed by atoms with Crippen LogP contribution in [-0.2, 0) is 16.0 Å². The van der Waals surface area contributed by atoms with E-state index < -0.39 is 12.1 Å². The van der Waals surface area contributed by atoms with Crippen molar-refractivity contribution < 1.29 is 14.3 Å². The van der Waals surface area contributed by atoms with Gasteiger partial charge in [-0.25, -0.2) is 4.79 Å². The van der Waals surface area contributed by atoms with E-state index in [4.69, 9.17) is 4.74 Å². The van der Waals surface area contributed by atoms with Crippen molar-refractivity contribution in [3.05, 3.63) is 35.9 Å². The van der Waals surface area contributed by atoms with Crippen LogP contribution in [0.15, 0.2) is 30.3 Å². The second-order valence-electron chi connectivity index (χ2n) is 4.41. The first-order valence-electron chi connectivity index (χ1n) is 6.56. The van der Waals surface area contributed by atoms with Crippen LogP contribution in [0.3, 0.4) is 0 Å². The number of carbonyl (C=O) groups is 2. The molecule has 0 spiro atoms. The predicted molar refractivity (Wildman–Crippen MR) is 74.0 cm³/mol. The van der Waals surface area contributed by atoms with Gasteiger partial charge in [-0.1, -0.05) is 43.7 Å². The van der Waals surface area contributed by atoms with Crippen LogP contribution in [-0.4, -0.2) is 37.0 Å². The van der Waals surface area contributed by atoms with E-state index in [0.29, 0.717) is 13.0 Å². The van der Waals surface area contributed by atoms with Crippen molar-refractivity contribution in [3.63, 3.8) is 0 Å². The molecule has 0 aliphatic rings. The highest BCUT2D eigenvalue weighted by atomic mass is 16.5. The smallest absolute Gasteiger partial charge is 0.410 e. The molecule has 0 unspecified atom stereocenters. The summed E-state index contributed by atoms with van der Waals surface area (Å²) in [6, 6.07) is 9.20. The summed E-state index contributed by atoms with van der Waals surface area (Å²) in [4.78, 5) is 24.5. The number of ether oxygens (including phenoxy) is 1. The lowest BCUT2D eigenvalue weighted by molar-refractivity contribution is -0.112. The molecule has 19 heavy (non-hydrogen) atoms. The Bertz CT molecular complexity index is 392. The number of rotatable bonds is 7. The third kappa shape index (κ3) is 4.73. The summed E-state index contributed by atoms with van der Waals surface area (Å²) in [5.41, 5.74) is 1.03. The summed E-state index contributed by atoms with van der Waals surface area (Å²) in [6.07, 6.45) is 2.71. The number of carbonyl (C=O) groups excluding carboxylic acids is 2. The normalized spacial score (nSPS) is 11.7. The first kappa shape index (κ1) is 15.2. The fourth-order valence-corrected chi connectivity index (χ4v) is 1.93. The van der Waals surface area contributed by atoms with Gasteiger partial charge in [0.1, 0.15) is 6.29 Å². The molecule has 0 saturated heterocycles. The zero-order chi connectivity index (χ0) is 14.1. The minimum Gasteiger partial charge on any atom is -0.453 e. The highest BCUT2D eigenvalue weighted by Crippen LogP contribution is 2.10. The molecule has 0 N–H and O–H groups in total. The molecule has 4 heteroatoms. The summed E-state index contributed by atoms with van der Waals surface area (Å²) in [6.45, 7) is 2.59. The van der Waals surface area contributed by atoms with E-state index in [0.717, 1.165) is 24.7 Å². The maximum atomic E-state index is 11.8. The second-order valence-corrected chi connectivity index (χ2v) is 4.41. The molecule has 1 amide bonds. The maximum absolute atomic E-state index is 11.8. The number of hydrogen-bond donors (Lipinski definition) is 0. The molecule has 1 atom stereocenters. The van der Waals surface area contributed by atoms with Crippen LogP contribution in [0.1, 0.15) is 25.3 Å². The molecular formula is C15H21NO3. The van der Waals surface area contributed by atoms with Crippen LogP contribution in [0.5, 0.6) is 0 Å². The van der Waals surface area contributed by atoms with Crippen molar-refractivity contribution >= 4 is 12.4 Å². The summed E-state index contributed by atoms with van der Waals surface area (Å²) < 4.78 is 4.76. The molecule has 0 aliphatic heterocycles. The van der Waals surface area contributed by atoms with Gasteiger partial charge in [-0.05, 0) is 18.4 Å². The van der Waals surface area contributed by atoms with Crippen LogP contribution >= 0.6 is 0 Å². The fraction of sp³-hybridized carbons (Fsp3) is 0.467. The van der Waals surface area contributed by atoms with Crippen molar-refractivity contribution in [3.8, 4) is 0 Å². The monoisotopic (exact) mass is 263 g/mol. The highest BCUT2D eigenvalue weighted by molar-refractivity contribution is 5.73. The summed E-state index contributed by atoms with van der Waals surface area (Å²) in [5.74, 6) is 0. The van der Waals surface area contributed by atoms with Crippen molar-refractivity contribution in [1.82, 2.24) is 4.90 Å². The molecule has 0 aromatic heterocycles. The Morgan fingerprint density at radius 2 is 2.05 bits per heavy atom. The number of methoxy groups -OCH3 is 1. The Morgan fingerprint density at radius 1 is 1.37 bits per heavy atom. The van der Waals surface area contributed by atoms with E-state index in [1.165, 1.54) is 12.0 Å². The van der Waals surface area contributed by atoms with Crippen molar-refractivity contribution in [2.75, 3.05) is 13.7 Å². The van der Waals surface area contributed by atoms with Gasteiger partial charge >= 0.3 is 6.09 Å². The number of nitrogens with zero attached hydrogens (tertiary/aromatic N) is 1. The molecule has 104 valence electrons. The molecule has 0 aliphatic carbocycles. The quantitative estimate of drug-likeness (QED) is 0.710. The zero-order valence-electron chi connectivity index (χ0n) is 11.5. The number of unbranched alkanes of at least 4 members (excludes halogenated alkanes) is 1. The Kier molecular flexibility index (Phi) is 6.64. The Labute approximate surface area is 114 Å². The van der Waals surface area contributed by atoms with Gasteiger partial charge in [0.25, 0.3) is 0 Å². The van der Waals surface area contributed by atoms with Gasteiger partial charge in [0.15, 0.2) is 0 Å². The van der Waals surface area contributed by atoms with Gasteiger partial charge < -0.3 is 9.53 Å². The lowest BCUT2D eigenvalue weighted by atomic mass is 10.1. The lowest BCUT2D eigenvalue weighted by Crippen LogP contribution is -2.43. The molecule has 4 nitrogen and oxygen atoms in total. The molecule has 0 heterocycles. The SMILES string of the molecule is CCCCN(C(=O)OC)[C@@H](C=O)Cc1ccccc1. The molecule has 1 rings (SSSR count). The van der Waals surface area contributed by atoms with Crippen LogP contribution in [0.4, 0.5) is 4.79 Å². The average Bonchev–Trinajstić information content (AvgIpc) is 2.46. The summed E-state index contributed by atoms with van der Waals surface area (Å²) in [5, 5.41) is 0. The van der Waals surface area contributed by atoms with Crippen molar-refractivity contribution in [1.29, 1.82) is 0 Å². The van der Waals surface area contributed by atoms with Gasteiger partial charge in [-0.15, -0.1) is 0 Å². The van der Waals surface area contributed by atoms with E-state index in [1.54, 1.807) is 0 Å². The van der Waals surface area contributed by atoms with Crippen LogP contribution < -0.4 is 0 Å². The van der Waals surface area contributed by atoms with Crippen molar-refractivity contribution in [2.45, 2.75) is 32.2 Å². The average molecular weight is 263 g/mol. The summed E-state index contributed by atoms with van der Waals surface area (Å²) in [7, 11) is 1.34. The highest BCUT2D eigenvalue weighted by Gasteiger charge is 2.23. The Morgan fingerprint density at radius 3 is 2.58 bits per heavy atom. The third-order valence-corrected chi connectivity index (χ3v) is 3.01. The minimum atomic E-state index is -0.471. The molecule has 1 aromatic carbocycles. The molecule has 0 bridgehead atoms. The Hall–Kier alpha value is -1.84. The van der Waals surface area contributed by atoms with Gasteiger partial charge in [0.2, 0.25) is 0 Å². The zero-order valence-corrected chi connectivity index (χ0v) is 11.5. The fourth-order valence-electron chi connectivity index (χ4n) is 1.93. The van der Waals surface area contributed by atoms with Crippen LogP contribution in [0.2, 0.25) is 0 Å². The van der Waals surface area contributed by atoms with Gasteiger partial charge in [0, 0.05) is 6.54 Å². The van der Waals surface area contributed by atoms with Gasteiger partial charge in [0.05, 0.1) is 13.2 Å². The second kappa shape index (κ2) is 8.29. The summed E-state index contributed by atoms with van der Waals surface area (Å²) >= 11 is 0. The van der Waals surface area contributed by atoms with E-state index in [1.807, 2.05) is 37.3 Å². The Balaban J connectivity index is 2.77. The first-order valence-corrected chi connectivity index (χ1v) is 6.56. The topological polar surface area (TPSA) is 46.6 Å². The van der Waals surface area contributed by atoms with Gasteiger partial charge in [-0.2, -0.15) is 0 Å². The predicted octanol–water partition coefficient (Wildman–Crippen LogP) is 2.67. The van der Waals surface area contributed by atoms with Crippen molar-refractivity contribution in [2.24, 2.45) is 0 Å². The first-order chi connectivity index (χ1) is 9.22. The van der Waals surface area contributed by atoms with Crippen LogP contribution in [0, 0.1) is 0 Å². The minimum absolute atomic E-state index is 0.443. The lowest BCUT2D eigenvalue weighted by Gasteiger charge is -2.26. The number of benzene rings is 1. The standard InChI is InChI=1S/C15H21NO3/c1-3-4-10-16(15(18)19-2)14(12-17)11-13-8-6-5-7-9-13/h5-9,12,14H,3-4,10-11H2,1-2H3/t14-/m1/s1. The molecule has 0 radical (unpaired) electrons. The van der Waals surface area contributed by atoms with E-state index >= 15 is 0 Å². The van der Waals surface area contributed by atoms with E-state index in [2.05, 4.69) is 0 Å². The molecule has 0 fully saturated rings. The van der Waals surface area contributed by atoms with E-state index in [9.17, 15) is 9.59 Å². The maximum Gasteiger partial charge on any atom is 0.410 e. The molecule has 1 aromatic rings. The van der Waals surface area contributed by atoms with Gasteiger partial charge in [-0.3, -0.25) is 4.90 Å². The molecule has 0 saturated carbocycles. The number of amides is 1. The third-order valence-electron chi connectivity index (χ3n) is 3.01. The van der Waals surface area contributed by atoms with Crippen LogP contribution in [0.25, 0.3) is 0 Å². The molecular weight excluding hydrogens is 242 g/mol. The number of hydrogen-bond acceptors (Lipinski definition) is 3.